The van der Waals surface area contributed by atoms with E-state index in [0.717, 1.165) is 25.3 Å². The summed E-state index contributed by atoms with van der Waals surface area (Å²) in [6, 6.07) is 1.74. The minimum Gasteiger partial charge on any atom is -0.481 e. The van der Waals surface area contributed by atoms with Crippen LogP contribution in [0, 0.1) is 6.92 Å². The lowest BCUT2D eigenvalue weighted by Crippen LogP contribution is -2.22. The molecule has 0 spiro atoms. The maximum absolute atomic E-state index is 5.09. The van der Waals surface area contributed by atoms with Gasteiger partial charge < -0.3 is 14.2 Å². The number of ether oxygens (including phenoxy) is 1. The molecular formula is C13H19N5O. The molecule has 19 heavy (non-hydrogen) atoms. The summed E-state index contributed by atoms with van der Waals surface area (Å²) in [5.41, 5.74) is 0. The van der Waals surface area contributed by atoms with Crippen molar-refractivity contribution in [1.29, 1.82) is 0 Å². The van der Waals surface area contributed by atoms with Crippen molar-refractivity contribution in [3.63, 3.8) is 0 Å². The number of rotatable bonds is 6. The number of imidazole rings is 1. The summed E-state index contributed by atoms with van der Waals surface area (Å²) in [6.45, 7) is 3.83. The van der Waals surface area contributed by atoms with Gasteiger partial charge in [-0.05, 0) is 13.3 Å². The molecule has 2 heterocycles. The van der Waals surface area contributed by atoms with Crippen LogP contribution in [0.25, 0.3) is 0 Å². The molecule has 0 aliphatic carbocycles. The summed E-state index contributed by atoms with van der Waals surface area (Å²) < 4.78 is 7.23. The third-order valence-corrected chi connectivity index (χ3v) is 2.98. The number of hydrogen-bond donors (Lipinski definition) is 0. The minimum absolute atomic E-state index is 0.585. The van der Waals surface area contributed by atoms with E-state index in [9.17, 15) is 0 Å². The molecule has 0 aromatic carbocycles. The molecule has 2 aromatic heterocycles. The first-order chi connectivity index (χ1) is 9.20. The average Bonchev–Trinajstić information content (AvgIpc) is 2.84. The molecule has 0 aliphatic rings. The molecule has 0 fully saturated rings. The molecule has 0 aliphatic heterocycles. The van der Waals surface area contributed by atoms with Gasteiger partial charge in [-0.1, -0.05) is 0 Å². The zero-order valence-electron chi connectivity index (χ0n) is 11.6. The molecule has 0 atom stereocenters. The second-order valence-corrected chi connectivity index (χ2v) is 4.34. The van der Waals surface area contributed by atoms with Crippen LogP contribution in [0.5, 0.6) is 5.88 Å². The standard InChI is InChI=1S/C13H19N5O/c1-11-14-7-10-18(11)9-4-8-17(2)13-15-6-5-12(16-13)19-3/h5-7,10H,4,8-9H2,1-3H3. The molecule has 6 nitrogen and oxygen atoms in total. The number of aryl methyl sites for hydroxylation is 2. The fourth-order valence-corrected chi connectivity index (χ4v) is 1.85. The number of aromatic nitrogens is 4. The van der Waals surface area contributed by atoms with Crippen molar-refractivity contribution >= 4 is 5.95 Å². The molecule has 0 unspecified atom stereocenters. The molecule has 6 heteroatoms. The predicted octanol–water partition coefficient (Wildman–Crippen LogP) is 1.52. The average molecular weight is 261 g/mol. The lowest BCUT2D eigenvalue weighted by molar-refractivity contribution is 0.397. The Balaban J connectivity index is 1.87. The zero-order valence-corrected chi connectivity index (χ0v) is 11.6. The van der Waals surface area contributed by atoms with Crippen LogP contribution in [-0.2, 0) is 6.54 Å². The van der Waals surface area contributed by atoms with Crippen LogP contribution in [-0.4, -0.2) is 40.2 Å². The predicted molar refractivity (Wildman–Crippen MR) is 73.4 cm³/mol. The van der Waals surface area contributed by atoms with Crippen molar-refractivity contribution in [3.8, 4) is 5.88 Å². The van der Waals surface area contributed by atoms with Crippen molar-refractivity contribution in [2.75, 3.05) is 25.6 Å². The Morgan fingerprint density at radius 3 is 2.84 bits per heavy atom. The maximum Gasteiger partial charge on any atom is 0.228 e. The van der Waals surface area contributed by atoms with Gasteiger partial charge in [0, 0.05) is 44.8 Å². The molecule has 2 rings (SSSR count). The van der Waals surface area contributed by atoms with E-state index < -0.39 is 0 Å². The van der Waals surface area contributed by atoms with Gasteiger partial charge in [0.15, 0.2) is 0 Å². The van der Waals surface area contributed by atoms with Gasteiger partial charge in [0.25, 0.3) is 0 Å². The lowest BCUT2D eigenvalue weighted by atomic mass is 10.4. The van der Waals surface area contributed by atoms with Gasteiger partial charge in [-0.3, -0.25) is 0 Å². The smallest absolute Gasteiger partial charge is 0.228 e. The zero-order chi connectivity index (χ0) is 13.7. The Kier molecular flexibility index (Phi) is 4.33. The van der Waals surface area contributed by atoms with E-state index in [1.807, 2.05) is 31.3 Å². The van der Waals surface area contributed by atoms with Crippen molar-refractivity contribution in [2.24, 2.45) is 0 Å². The first kappa shape index (κ1) is 13.3. The van der Waals surface area contributed by atoms with E-state index in [1.165, 1.54) is 0 Å². The number of methoxy groups -OCH3 is 1. The fraction of sp³-hybridized carbons (Fsp3) is 0.462. The quantitative estimate of drug-likeness (QED) is 0.789. The van der Waals surface area contributed by atoms with Gasteiger partial charge in [0.1, 0.15) is 5.82 Å². The van der Waals surface area contributed by atoms with E-state index in [4.69, 9.17) is 4.74 Å². The summed E-state index contributed by atoms with van der Waals surface area (Å²) in [5.74, 6) is 2.31. The molecule has 0 saturated heterocycles. The van der Waals surface area contributed by atoms with Crippen molar-refractivity contribution < 1.29 is 4.74 Å². The monoisotopic (exact) mass is 261 g/mol. The highest BCUT2D eigenvalue weighted by atomic mass is 16.5. The van der Waals surface area contributed by atoms with E-state index in [1.54, 1.807) is 19.4 Å². The lowest BCUT2D eigenvalue weighted by Gasteiger charge is -2.17. The van der Waals surface area contributed by atoms with E-state index in [0.29, 0.717) is 11.8 Å². The second-order valence-electron chi connectivity index (χ2n) is 4.34. The highest BCUT2D eigenvalue weighted by Gasteiger charge is 2.05. The summed E-state index contributed by atoms with van der Waals surface area (Å²) in [6.07, 6.45) is 6.54. The third-order valence-electron chi connectivity index (χ3n) is 2.98. The largest absolute Gasteiger partial charge is 0.481 e. The molecule has 0 radical (unpaired) electrons. The number of anilines is 1. The topological polar surface area (TPSA) is 56.1 Å². The molecule has 0 N–H and O–H groups in total. The first-order valence-corrected chi connectivity index (χ1v) is 6.26. The van der Waals surface area contributed by atoms with Crippen molar-refractivity contribution in [1.82, 2.24) is 19.5 Å². The fourth-order valence-electron chi connectivity index (χ4n) is 1.85. The minimum atomic E-state index is 0.585. The second kappa shape index (κ2) is 6.17. The Hall–Kier alpha value is -2.11. The van der Waals surface area contributed by atoms with E-state index in [-0.39, 0.29) is 0 Å². The highest BCUT2D eigenvalue weighted by molar-refractivity contribution is 5.30. The molecular weight excluding hydrogens is 242 g/mol. The van der Waals surface area contributed by atoms with Crippen LogP contribution in [0.2, 0.25) is 0 Å². The molecule has 0 bridgehead atoms. The van der Waals surface area contributed by atoms with Crippen LogP contribution in [0.15, 0.2) is 24.7 Å². The van der Waals surface area contributed by atoms with Gasteiger partial charge in [-0.2, -0.15) is 4.98 Å². The summed E-state index contributed by atoms with van der Waals surface area (Å²) in [5, 5.41) is 0. The van der Waals surface area contributed by atoms with E-state index in [2.05, 4.69) is 19.5 Å². The Labute approximate surface area is 113 Å². The Morgan fingerprint density at radius 2 is 2.16 bits per heavy atom. The van der Waals surface area contributed by atoms with E-state index >= 15 is 0 Å². The highest BCUT2D eigenvalue weighted by Crippen LogP contribution is 2.11. The Morgan fingerprint density at radius 1 is 1.32 bits per heavy atom. The van der Waals surface area contributed by atoms with Gasteiger partial charge in [0.05, 0.1) is 7.11 Å². The normalized spacial score (nSPS) is 10.5. The van der Waals surface area contributed by atoms with Crippen molar-refractivity contribution in [3.05, 3.63) is 30.5 Å². The van der Waals surface area contributed by atoms with Gasteiger partial charge in [-0.15, -0.1) is 0 Å². The summed E-state index contributed by atoms with van der Waals surface area (Å²) in [7, 11) is 3.59. The number of hydrogen-bond acceptors (Lipinski definition) is 5. The van der Waals surface area contributed by atoms with Gasteiger partial charge in [-0.25, -0.2) is 9.97 Å². The summed E-state index contributed by atoms with van der Waals surface area (Å²) in [4.78, 5) is 14.8. The van der Waals surface area contributed by atoms with Crippen LogP contribution in [0.4, 0.5) is 5.95 Å². The SMILES string of the molecule is COc1ccnc(N(C)CCCn2ccnc2C)n1. The van der Waals surface area contributed by atoms with Gasteiger partial charge in [0.2, 0.25) is 11.8 Å². The van der Waals surface area contributed by atoms with Crippen LogP contribution in [0.1, 0.15) is 12.2 Å². The molecule has 2 aromatic rings. The van der Waals surface area contributed by atoms with Crippen LogP contribution in [0.3, 0.4) is 0 Å². The maximum atomic E-state index is 5.09. The first-order valence-electron chi connectivity index (χ1n) is 6.26. The molecule has 0 amide bonds. The summed E-state index contributed by atoms with van der Waals surface area (Å²) >= 11 is 0. The number of nitrogens with zero attached hydrogens (tertiary/aromatic N) is 5. The Bertz CT molecular complexity index is 525. The van der Waals surface area contributed by atoms with Gasteiger partial charge >= 0.3 is 0 Å². The molecule has 0 saturated carbocycles. The third kappa shape index (κ3) is 3.43. The van der Waals surface area contributed by atoms with Crippen LogP contribution >= 0.6 is 0 Å². The van der Waals surface area contributed by atoms with Crippen LogP contribution < -0.4 is 9.64 Å². The van der Waals surface area contributed by atoms with Crippen molar-refractivity contribution in [2.45, 2.75) is 19.9 Å². The molecule has 102 valence electrons.